The van der Waals surface area contributed by atoms with Crippen LogP contribution in [0.1, 0.15) is 29.5 Å². The van der Waals surface area contributed by atoms with E-state index in [0.717, 1.165) is 43.2 Å². The fraction of sp³-hybridized carbons (Fsp3) is 0.500. The van der Waals surface area contributed by atoms with Gasteiger partial charge in [-0.1, -0.05) is 24.3 Å². The molecule has 0 spiro atoms. The van der Waals surface area contributed by atoms with E-state index < -0.39 is 0 Å². The Kier molecular flexibility index (Phi) is 8.53. The first kappa shape index (κ1) is 24.1. The zero-order valence-electron chi connectivity index (χ0n) is 20.0. The summed E-state index contributed by atoms with van der Waals surface area (Å²) in [6.07, 6.45) is 0. The first-order valence-electron chi connectivity index (χ1n) is 11.2. The van der Waals surface area contributed by atoms with Crippen LogP contribution in [0, 0.1) is 12.8 Å². The van der Waals surface area contributed by atoms with E-state index in [1.165, 1.54) is 11.1 Å². The Morgan fingerprint density at radius 1 is 1.06 bits per heavy atom. The van der Waals surface area contributed by atoms with Crippen molar-refractivity contribution in [1.82, 2.24) is 9.80 Å². The van der Waals surface area contributed by atoms with Gasteiger partial charge in [-0.2, -0.15) is 0 Å². The van der Waals surface area contributed by atoms with E-state index in [0.29, 0.717) is 25.0 Å². The Bertz CT molecular complexity index is 879. The van der Waals surface area contributed by atoms with Crippen molar-refractivity contribution < 1.29 is 19.0 Å². The van der Waals surface area contributed by atoms with Crippen LogP contribution in [-0.2, 0) is 16.1 Å². The molecule has 2 aromatic rings. The zero-order valence-corrected chi connectivity index (χ0v) is 20.0. The highest BCUT2D eigenvalue weighted by Crippen LogP contribution is 2.36. The van der Waals surface area contributed by atoms with Crippen LogP contribution in [0.15, 0.2) is 42.5 Å². The average Bonchev–Trinajstić information content (AvgIpc) is 3.18. The highest BCUT2D eigenvalue weighted by atomic mass is 16.5. The molecule has 0 aromatic heterocycles. The third-order valence-corrected chi connectivity index (χ3v) is 6.39. The number of carbonyl (C=O) groups excluding carboxylic acids is 1. The van der Waals surface area contributed by atoms with Gasteiger partial charge in [0.25, 0.3) is 0 Å². The molecule has 1 saturated heterocycles. The SMILES string of the molecule is COCCN(CC1CN(Cc2cc(OC)cc(OC)c2)CC1c1ccccc1C)C(C)=O. The van der Waals surface area contributed by atoms with Gasteiger partial charge in [-0.15, -0.1) is 0 Å². The van der Waals surface area contributed by atoms with Gasteiger partial charge in [0.1, 0.15) is 11.5 Å². The molecule has 0 N–H and O–H groups in total. The minimum atomic E-state index is 0.0987. The van der Waals surface area contributed by atoms with Crippen molar-refractivity contribution in [1.29, 1.82) is 0 Å². The van der Waals surface area contributed by atoms with E-state index in [-0.39, 0.29) is 5.91 Å². The average molecular weight is 441 g/mol. The first-order valence-corrected chi connectivity index (χ1v) is 11.2. The summed E-state index contributed by atoms with van der Waals surface area (Å²) in [6, 6.07) is 14.6. The van der Waals surface area contributed by atoms with Crippen molar-refractivity contribution in [2.45, 2.75) is 26.3 Å². The molecule has 6 nitrogen and oxygen atoms in total. The molecule has 2 atom stereocenters. The van der Waals surface area contributed by atoms with Crippen molar-refractivity contribution in [3.8, 4) is 11.5 Å². The Morgan fingerprint density at radius 2 is 1.75 bits per heavy atom. The van der Waals surface area contributed by atoms with E-state index in [9.17, 15) is 4.79 Å². The van der Waals surface area contributed by atoms with Crippen LogP contribution < -0.4 is 9.47 Å². The maximum Gasteiger partial charge on any atom is 0.219 e. The van der Waals surface area contributed by atoms with E-state index in [1.807, 2.05) is 11.0 Å². The number of methoxy groups -OCH3 is 3. The third-order valence-electron chi connectivity index (χ3n) is 6.39. The predicted molar refractivity (Wildman–Crippen MR) is 126 cm³/mol. The molecule has 1 heterocycles. The molecule has 3 rings (SSSR count). The molecule has 1 fully saturated rings. The van der Waals surface area contributed by atoms with Gasteiger partial charge in [0.15, 0.2) is 0 Å². The number of ether oxygens (including phenoxy) is 3. The van der Waals surface area contributed by atoms with Crippen LogP contribution in [0.2, 0.25) is 0 Å². The lowest BCUT2D eigenvalue weighted by molar-refractivity contribution is -0.130. The topological polar surface area (TPSA) is 51.2 Å². The molecular weight excluding hydrogens is 404 g/mol. The molecule has 6 heteroatoms. The summed E-state index contributed by atoms with van der Waals surface area (Å²) in [7, 11) is 5.03. The zero-order chi connectivity index (χ0) is 23.1. The smallest absolute Gasteiger partial charge is 0.219 e. The van der Waals surface area contributed by atoms with Crippen molar-refractivity contribution >= 4 is 5.91 Å². The number of hydrogen-bond donors (Lipinski definition) is 0. The van der Waals surface area contributed by atoms with E-state index >= 15 is 0 Å². The molecule has 1 aliphatic rings. The highest BCUT2D eigenvalue weighted by Gasteiger charge is 2.36. The molecular formula is C26H36N2O4. The number of hydrogen-bond acceptors (Lipinski definition) is 5. The number of rotatable bonds is 10. The molecule has 1 aliphatic heterocycles. The van der Waals surface area contributed by atoms with Crippen molar-refractivity contribution in [2.75, 3.05) is 54.1 Å². The minimum absolute atomic E-state index is 0.0987. The largest absolute Gasteiger partial charge is 0.497 e. The van der Waals surface area contributed by atoms with Gasteiger partial charge in [0.2, 0.25) is 5.91 Å². The van der Waals surface area contributed by atoms with Crippen LogP contribution in [-0.4, -0.2) is 69.8 Å². The summed E-state index contributed by atoms with van der Waals surface area (Å²) in [5.74, 6) is 2.42. The summed E-state index contributed by atoms with van der Waals surface area (Å²) < 4.78 is 16.1. The van der Waals surface area contributed by atoms with Crippen LogP contribution in [0.25, 0.3) is 0 Å². The van der Waals surface area contributed by atoms with E-state index in [2.05, 4.69) is 48.2 Å². The summed E-state index contributed by atoms with van der Waals surface area (Å²) in [5, 5.41) is 0. The van der Waals surface area contributed by atoms with Crippen LogP contribution in [0.3, 0.4) is 0 Å². The van der Waals surface area contributed by atoms with Crippen molar-refractivity contribution in [3.05, 3.63) is 59.2 Å². The van der Waals surface area contributed by atoms with Crippen molar-refractivity contribution in [2.24, 2.45) is 5.92 Å². The van der Waals surface area contributed by atoms with Crippen molar-refractivity contribution in [3.63, 3.8) is 0 Å². The Morgan fingerprint density at radius 3 is 2.34 bits per heavy atom. The fourth-order valence-electron chi connectivity index (χ4n) is 4.71. The quantitative estimate of drug-likeness (QED) is 0.564. The van der Waals surface area contributed by atoms with Gasteiger partial charge in [-0.3, -0.25) is 9.69 Å². The van der Waals surface area contributed by atoms with Gasteiger partial charge in [0, 0.05) is 58.7 Å². The first-order chi connectivity index (χ1) is 15.4. The minimum Gasteiger partial charge on any atom is -0.497 e. The number of amides is 1. The predicted octanol–water partition coefficient (Wildman–Crippen LogP) is 3.72. The molecule has 1 amide bonds. The molecule has 0 aliphatic carbocycles. The Labute approximate surface area is 192 Å². The molecule has 0 radical (unpaired) electrons. The molecule has 32 heavy (non-hydrogen) atoms. The number of aryl methyl sites for hydroxylation is 1. The van der Waals surface area contributed by atoms with E-state index in [4.69, 9.17) is 14.2 Å². The normalized spacial score (nSPS) is 18.5. The Balaban J connectivity index is 1.83. The maximum atomic E-state index is 12.3. The van der Waals surface area contributed by atoms with Crippen LogP contribution in [0.5, 0.6) is 11.5 Å². The second kappa shape index (κ2) is 11.3. The molecule has 0 saturated carbocycles. The number of carbonyl (C=O) groups is 1. The fourth-order valence-corrected chi connectivity index (χ4v) is 4.71. The van der Waals surface area contributed by atoms with Gasteiger partial charge in [-0.05, 0) is 41.7 Å². The summed E-state index contributed by atoms with van der Waals surface area (Å²) >= 11 is 0. The summed E-state index contributed by atoms with van der Waals surface area (Å²) in [5.41, 5.74) is 3.84. The summed E-state index contributed by atoms with van der Waals surface area (Å²) in [4.78, 5) is 16.7. The summed E-state index contributed by atoms with van der Waals surface area (Å²) in [6.45, 7) is 8.41. The third kappa shape index (κ3) is 6.02. The van der Waals surface area contributed by atoms with Crippen LogP contribution in [0.4, 0.5) is 0 Å². The van der Waals surface area contributed by atoms with E-state index in [1.54, 1.807) is 28.3 Å². The van der Waals surface area contributed by atoms with Gasteiger partial charge >= 0.3 is 0 Å². The van der Waals surface area contributed by atoms with Gasteiger partial charge in [0.05, 0.1) is 20.8 Å². The lowest BCUT2D eigenvalue weighted by Crippen LogP contribution is -2.38. The molecule has 2 unspecified atom stereocenters. The number of benzene rings is 2. The number of likely N-dealkylation sites (tertiary alicyclic amines) is 1. The number of nitrogens with zero attached hydrogens (tertiary/aromatic N) is 2. The molecule has 0 bridgehead atoms. The second-order valence-corrected chi connectivity index (χ2v) is 8.60. The molecule has 174 valence electrons. The highest BCUT2D eigenvalue weighted by molar-refractivity contribution is 5.73. The lowest BCUT2D eigenvalue weighted by Gasteiger charge is -2.28. The maximum absolute atomic E-state index is 12.3. The second-order valence-electron chi connectivity index (χ2n) is 8.60. The monoisotopic (exact) mass is 440 g/mol. The molecule has 2 aromatic carbocycles. The lowest BCUT2D eigenvalue weighted by atomic mass is 9.86. The standard InChI is InChI=1S/C26H36N2O4/c1-19-8-6-7-9-25(19)26-18-27(15-21-12-23(31-4)14-24(13-21)32-5)16-22(26)17-28(20(2)29)10-11-30-3/h6-9,12-14,22,26H,10-11,15-18H2,1-5H3. The van der Waals surface area contributed by atoms with Gasteiger partial charge in [-0.25, -0.2) is 0 Å². The Hall–Kier alpha value is -2.57. The van der Waals surface area contributed by atoms with Crippen LogP contribution >= 0.6 is 0 Å². The van der Waals surface area contributed by atoms with Gasteiger partial charge < -0.3 is 19.1 Å².